The molecule has 0 aliphatic heterocycles. The van der Waals surface area contributed by atoms with Crippen molar-refractivity contribution in [3.05, 3.63) is 77.3 Å². The molecule has 3 aromatic heterocycles. The third-order valence-electron chi connectivity index (χ3n) is 5.17. The van der Waals surface area contributed by atoms with Crippen LogP contribution in [0.1, 0.15) is 5.56 Å². The SMILES string of the molecule is COc1ccc(Cl)cc1-n1c(SCc2cccc(F)c2)nnc1-c1cc2occc2n1C. The summed E-state index contributed by atoms with van der Waals surface area (Å²) >= 11 is 7.78. The van der Waals surface area contributed by atoms with Gasteiger partial charge >= 0.3 is 0 Å². The highest BCUT2D eigenvalue weighted by atomic mass is 35.5. The van der Waals surface area contributed by atoms with E-state index in [-0.39, 0.29) is 5.82 Å². The van der Waals surface area contributed by atoms with Gasteiger partial charge in [-0.25, -0.2) is 4.39 Å². The number of thioether (sulfide) groups is 1. The molecule has 0 aliphatic carbocycles. The van der Waals surface area contributed by atoms with E-state index < -0.39 is 0 Å². The Balaban J connectivity index is 1.65. The first-order chi connectivity index (χ1) is 15.5. The highest BCUT2D eigenvalue weighted by molar-refractivity contribution is 7.98. The van der Waals surface area contributed by atoms with Crippen molar-refractivity contribution in [1.29, 1.82) is 0 Å². The third kappa shape index (κ3) is 3.65. The third-order valence-corrected chi connectivity index (χ3v) is 6.40. The van der Waals surface area contributed by atoms with Gasteiger partial charge in [0.15, 0.2) is 16.6 Å². The molecule has 0 fully saturated rings. The molecule has 6 nitrogen and oxygen atoms in total. The number of hydrogen-bond donors (Lipinski definition) is 0. The molecule has 2 aromatic carbocycles. The number of nitrogens with zero attached hydrogens (tertiary/aromatic N) is 4. The Morgan fingerprint density at radius 3 is 2.78 bits per heavy atom. The maximum atomic E-state index is 13.6. The molecule has 0 N–H and O–H groups in total. The van der Waals surface area contributed by atoms with E-state index in [0.29, 0.717) is 33.2 Å². The summed E-state index contributed by atoms with van der Waals surface area (Å²) in [5.41, 5.74) is 4.08. The number of fused-ring (bicyclic) bond motifs is 1. The Bertz CT molecular complexity index is 1420. The van der Waals surface area contributed by atoms with Crippen LogP contribution in [0.25, 0.3) is 28.3 Å². The first kappa shape index (κ1) is 20.7. The Labute approximate surface area is 192 Å². The maximum absolute atomic E-state index is 13.6. The van der Waals surface area contributed by atoms with Gasteiger partial charge in [0.1, 0.15) is 11.6 Å². The number of halogens is 2. The average Bonchev–Trinajstić information content (AvgIpc) is 3.48. The van der Waals surface area contributed by atoms with E-state index in [0.717, 1.165) is 22.4 Å². The maximum Gasteiger partial charge on any atom is 0.196 e. The van der Waals surface area contributed by atoms with Crippen molar-refractivity contribution < 1.29 is 13.5 Å². The first-order valence-corrected chi connectivity index (χ1v) is 11.1. The van der Waals surface area contributed by atoms with Gasteiger partial charge in [0, 0.05) is 30.0 Å². The normalized spacial score (nSPS) is 11.4. The lowest BCUT2D eigenvalue weighted by molar-refractivity contribution is 0.412. The number of methoxy groups -OCH3 is 1. The molecular formula is C23H18ClFN4O2S. The Morgan fingerprint density at radius 1 is 1.12 bits per heavy atom. The summed E-state index contributed by atoms with van der Waals surface area (Å²) < 4.78 is 28.7. The molecule has 3 heterocycles. The van der Waals surface area contributed by atoms with Crippen molar-refractivity contribution in [2.75, 3.05) is 7.11 Å². The predicted molar refractivity (Wildman–Crippen MR) is 123 cm³/mol. The molecule has 0 aliphatic rings. The van der Waals surface area contributed by atoms with Gasteiger partial charge in [-0.15, -0.1) is 10.2 Å². The van der Waals surface area contributed by atoms with Crippen LogP contribution in [0.2, 0.25) is 5.02 Å². The number of rotatable bonds is 6. The van der Waals surface area contributed by atoms with Crippen LogP contribution >= 0.6 is 23.4 Å². The Morgan fingerprint density at radius 2 is 2.00 bits per heavy atom. The summed E-state index contributed by atoms with van der Waals surface area (Å²) in [6, 6.07) is 15.7. The Kier molecular flexibility index (Phi) is 5.40. The monoisotopic (exact) mass is 468 g/mol. The van der Waals surface area contributed by atoms with E-state index in [9.17, 15) is 4.39 Å². The van der Waals surface area contributed by atoms with Crippen LogP contribution in [-0.4, -0.2) is 26.4 Å². The van der Waals surface area contributed by atoms with Crippen LogP contribution in [0.15, 0.2) is 70.4 Å². The molecule has 0 radical (unpaired) electrons. The highest BCUT2D eigenvalue weighted by Gasteiger charge is 2.23. The van der Waals surface area contributed by atoms with Crippen molar-refractivity contribution in [3.8, 4) is 23.0 Å². The van der Waals surface area contributed by atoms with Gasteiger partial charge in [-0.1, -0.05) is 35.5 Å². The molecule has 0 saturated carbocycles. The highest BCUT2D eigenvalue weighted by Crippen LogP contribution is 2.36. The molecule has 32 heavy (non-hydrogen) atoms. The fourth-order valence-electron chi connectivity index (χ4n) is 3.62. The largest absolute Gasteiger partial charge is 0.495 e. The van der Waals surface area contributed by atoms with Crippen molar-refractivity contribution in [2.24, 2.45) is 7.05 Å². The minimum absolute atomic E-state index is 0.270. The fourth-order valence-corrected chi connectivity index (χ4v) is 4.68. The first-order valence-electron chi connectivity index (χ1n) is 9.75. The number of ether oxygens (including phenoxy) is 1. The van der Waals surface area contributed by atoms with Crippen LogP contribution < -0.4 is 4.74 Å². The van der Waals surface area contributed by atoms with Crippen molar-refractivity contribution >= 4 is 34.5 Å². The summed E-state index contributed by atoms with van der Waals surface area (Å²) in [6.07, 6.45) is 1.65. The quantitative estimate of drug-likeness (QED) is 0.281. The van der Waals surface area contributed by atoms with Gasteiger partial charge in [0.25, 0.3) is 0 Å². The molecule has 0 spiro atoms. The zero-order chi connectivity index (χ0) is 22.2. The van der Waals surface area contributed by atoms with E-state index in [2.05, 4.69) is 10.2 Å². The second-order valence-corrected chi connectivity index (χ2v) is 8.51. The molecule has 5 aromatic rings. The van der Waals surface area contributed by atoms with Gasteiger partial charge in [-0.05, 0) is 35.9 Å². The number of hydrogen-bond acceptors (Lipinski definition) is 5. The smallest absolute Gasteiger partial charge is 0.196 e. The predicted octanol–water partition coefficient (Wildman–Crippen LogP) is 6.11. The lowest BCUT2D eigenvalue weighted by Crippen LogP contribution is -2.04. The molecule has 0 saturated heterocycles. The van der Waals surface area contributed by atoms with Crippen LogP contribution in [0, 0.1) is 5.82 Å². The van der Waals surface area contributed by atoms with E-state index in [1.807, 2.05) is 40.4 Å². The van der Waals surface area contributed by atoms with Crippen molar-refractivity contribution in [1.82, 2.24) is 19.3 Å². The van der Waals surface area contributed by atoms with Gasteiger partial charge in [0.2, 0.25) is 0 Å². The van der Waals surface area contributed by atoms with Crippen LogP contribution in [0.4, 0.5) is 4.39 Å². The second kappa shape index (κ2) is 8.37. The van der Waals surface area contributed by atoms with Crippen LogP contribution in [-0.2, 0) is 12.8 Å². The summed E-state index contributed by atoms with van der Waals surface area (Å²) in [4.78, 5) is 0. The van der Waals surface area contributed by atoms with E-state index in [4.69, 9.17) is 20.8 Å². The minimum atomic E-state index is -0.270. The zero-order valence-electron chi connectivity index (χ0n) is 17.3. The molecular weight excluding hydrogens is 451 g/mol. The number of aromatic nitrogens is 4. The summed E-state index contributed by atoms with van der Waals surface area (Å²) in [6.45, 7) is 0. The molecule has 0 atom stereocenters. The lowest BCUT2D eigenvalue weighted by Gasteiger charge is -2.14. The topological polar surface area (TPSA) is 58.0 Å². The number of furan rings is 1. The standard InChI is InChI=1S/C23H18ClFN4O2S/c1-28-17-8-9-31-21(17)12-19(28)22-26-27-23(32-13-14-4-3-5-16(25)10-14)29(22)18-11-15(24)6-7-20(18)30-2/h3-12H,13H2,1-2H3. The van der Waals surface area contributed by atoms with Crippen molar-refractivity contribution in [2.45, 2.75) is 10.9 Å². The van der Waals surface area contributed by atoms with Gasteiger partial charge in [-0.2, -0.15) is 0 Å². The number of benzene rings is 2. The average molecular weight is 469 g/mol. The minimum Gasteiger partial charge on any atom is -0.495 e. The second-order valence-electron chi connectivity index (χ2n) is 7.14. The van der Waals surface area contributed by atoms with Gasteiger partial charge in [-0.3, -0.25) is 4.57 Å². The molecule has 9 heteroatoms. The number of aryl methyl sites for hydroxylation is 1. The van der Waals surface area contributed by atoms with Gasteiger partial charge in [0.05, 0.1) is 30.3 Å². The summed E-state index contributed by atoms with van der Waals surface area (Å²) in [5, 5.41) is 10.1. The van der Waals surface area contributed by atoms with E-state index >= 15 is 0 Å². The molecule has 0 bridgehead atoms. The molecule has 0 unspecified atom stereocenters. The van der Waals surface area contributed by atoms with Crippen molar-refractivity contribution in [3.63, 3.8) is 0 Å². The summed E-state index contributed by atoms with van der Waals surface area (Å²) in [7, 11) is 3.55. The fraction of sp³-hybridized carbons (Fsp3) is 0.130. The molecule has 5 rings (SSSR count). The zero-order valence-corrected chi connectivity index (χ0v) is 18.8. The summed E-state index contributed by atoms with van der Waals surface area (Å²) in [5.74, 6) is 1.49. The molecule has 0 amide bonds. The van der Waals surface area contributed by atoms with Gasteiger partial charge < -0.3 is 13.7 Å². The molecule has 162 valence electrons. The lowest BCUT2D eigenvalue weighted by atomic mass is 10.2. The van der Waals surface area contributed by atoms with Crippen LogP contribution in [0.3, 0.4) is 0 Å². The Hall–Kier alpha value is -3.23. The van der Waals surface area contributed by atoms with E-state index in [1.54, 1.807) is 31.6 Å². The van der Waals surface area contributed by atoms with Crippen LogP contribution in [0.5, 0.6) is 5.75 Å². The van der Waals surface area contributed by atoms with E-state index in [1.165, 1.54) is 23.9 Å².